The number of nitrogens with zero attached hydrogens (tertiary/aromatic N) is 2. The van der Waals surface area contributed by atoms with E-state index in [1.807, 2.05) is 19.1 Å². The number of hydrogen-bond acceptors (Lipinski definition) is 4. The minimum absolute atomic E-state index is 0.0798. The van der Waals surface area contributed by atoms with Gasteiger partial charge in [0.15, 0.2) is 0 Å². The van der Waals surface area contributed by atoms with Crippen LogP contribution in [-0.2, 0) is 6.54 Å². The lowest BCUT2D eigenvalue weighted by molar-refractivity contribution is 0.154. The first-order valence-corrected chi connectivity index (χ1v) is 6.97. The van der Waals surface area contributed by atoms with Crippen LogP contribution >= 0.6 is 0 Å². The summed E-state index contributed by atoms with van der Waals surface area (Å²) in [7, 11) is 0. The van der Waals surface area contributed by atoms with Crippen LogP contribution in [0.2, 0.25) is 0 Å². The molecule has 0 fully saturated rings. The van der Waals surface area contributed by atoms with Crippen LogP contribution in [0.3, 0.4) is 0 Å². The third kappa shape index (κ3) is 2.71. The van der Waals surface area contributed by atoms with E-state index in [1.165, 1.54) is 23.0 Å². The Bertz CT molecular complexity index is 886. The molecule has 3 aromatic rings. The average molecular weight is 296 g/mol. The molecule has 0 saturated carbocycles. The van der Waals surface area contributed by atoms with Gasteiger partial charge in [0.25, 0.3) is 5.56 Å². The summed E-state index contributed by atoms with van der Waals surface area (Å²) >= 11 is 0. The van der Waals surface area contributed by atoms with Gasteiger partial charge in [-0.15, -0.1) is 0 Å². The number of phenols is 1. The Balaban J connectivity index is 1.97. The first-order chi connectivity index (χ1) is 10.5. The van der Waals surface area contributed by atoms with Crippen molar-refractivity contribution < 1.29 is 10.2 Å². The smallest absolute Gasteiger partial charge is 0.261 e. The molecule has 0 aliphatic carbocycles. The highest BCUT2D eigenvalue weighted by Crippen LogP contribution is 2.19. The highest BCUT2D eigenvalue weighted by Gasteiger charge is 2.12. The van der Waals surface area contributed by atoms with Crippen molar-refractivity contribution in [2.75, 3.05) is 0 Å². The van der Waals surface area contributed by atoms with Gasteiger partial charge in [0.2, 0.25) is 0 Å². The zero-order valence-electron chi connectivity index (χ0n) is 12.1. The van der Waals surface area contributed by atoms with Gasteiger partial charge in [-0.05, 0) is 36.8 Å². The number of aromatic nitrogens is 2. The van der Waals surface area contributed by atoms with E-state index in [9.17, 15) is 15.0 Å². The zero-order valence-corrected chi connectivity index (χ0v) is 12.1. The van der Waals surface area contributed by atoms with Gasteiger partial charge < -0.3 is 10.2 Å². The van der Waals surface area contributed by atoms with Crippen molar-refractivity contribution in [3.8, 4) is 5.75 Å². The monoisotopic (exact) mass is 296 g/mol. The van der Waals surface area contributed by atoms with Crippen LogP contribution in [0.1, 0.15) is 17.2 Å². The number of aliphatic hydroxyl groups is 1. The van der Waals surface area contributed by atoms with Gasteiger partial charge >= 0.3 is 0 Å². The van der Waals surface area contributed by atoms with Gasteiger partial charge in [0, 0.05) is 0 Å². The number of aromatic hydroxyl groups is 1. The SMILES string of the molecule is Cc1ccc2ncn(C[C@H](O)c3cccc(O)c3)c(=O)c2c1. The molecule has 5 heteroatoms. The van der Waals surface area contributed by atoms with E-state index in [2.05, 4.69) is 4.98 Å². The minimum Gasteiger partial charge on any atom is -0.508 e. The summed E-state index contributed by atoms with van der Waals surface area (Å²) < 4.78 is 1.39. The summed E-state index contributed by atoms with van der Waals surface area (Å²) in [4.78, 5) is 16.7. The van der Waals surface area contributed by atoms with E-state index in [-0.39, 0.29) is 17.9 Å². The highest BCUT2D eigenvalue weighted by atomic mass is 16.3. The molecule has 0 saturated heterocycles. The topological polar surface area (TPSA) is 75.3 Å². The number of phenolic OH excluding ortho intramolecular Hbond substituents is 1. The molecule has 22 heavy (non-hydrogen) atoms. The van der Waals surface area contributed by atoms with Crippen molar-refractivity contribution in [2.45, 2.75) is 19.6 Å². The lowest BCUT2D eigenvalue weighted by Crippen LogP contribution is -2.23. The summed E-state index contributed by atoms with van der Waals surface area (Å²) in [5.41, 5.74) is 1.99. The Labute approximate surface area is 127 Å². The van der Waals surface area contributed by atoms with Crippen molar-refractivity contribution >= 4 is 10.9 Å². The maximum Gasteiger partial charge on any atom is 0.261 e. The summed E-state index contributed by atoms with van der Waals surface area (Å²) in [5.74, 6) is 0.0798. The Morgan fingerprint density at radius 1 is 1.23 bits per heavy atom. The quantitative estimate of drug-likeness (QED) is 0.776. The lowest BCUT2D eigenvalue weighted by Gasteiger charge is -2.13. The molecule has 0 unspecified atom stereocenters. The van der Waals surface area contributed by atoms with E-state index >= 15 is 0 Å². The van der Waals surface area contributed by atoms with Crippen LogP contribution < -0.4 is 5.56 Å². The molecule has 1 atom stereocenters. The second-order valence-electron chi connectivity index (χ2n) is 5.33. The molecule has 0 spiro atoms. The fourth-order valence-electron chi connectivity index (χ4n) is 2.43. The lowest BCUT2D eigenvalue weighted by atomic mass is 10.1. The zero-order chi connectivity index (χ0) is 15.7. The third-order valence-corrected chi connectivity index (χ3v) is 3.60. The predicted octanol–water partition coefficient (Wildman–Crippen LogP) is 2.14. The van der Waals surface area contributed by atoms with Crippen LogP contribution in [0.5, 0.6) is 5.75 Å². The average Bonchev–Trinajstić information content (AvgIpc) is 2.50. The summed E-state index contributed by atoms with van der Waals surface area (Å²) in [6.45, 7) is 2.00. The van der Waals surface area contributed by atoms with E-state index in [0.717, 1.165) is 5.56 Å². The number of hydrogen-bond donors (Lipinski definition) is 2. The summed E-state index contributed by atoms with van der Waals surface area (Å²) in [6.07, 6.45) is 0.542. The van der Waals surface area contributed by atoms with Crippen LogP contribution in [0, 0.1) is 6.92 Å². The Morgan fingerprint density at radius 2 is 2.05 bits per heavy atom. The molecule has 2 aromatic carbocycles. The van der Waals surface area contributed by atoms with Gasteiger partial charge in [0.05, 0.1) is 29.9 Å². The minimum atomic E-state index is -0.895. The fraction of sp³-hybridized carbons (Fsp3) is 0.176. The van der Waals surface area contributed by atoms with Crippen molar-refractivity contribution in [3.63, 3.8) is 0 Å². The van der Waals surface area contributed by atoms with Crippen LogP contribution in [0.25, 0.3) is 10.9 Å². The van der Waals surface area contributed by atoms with E-state index < -0.39 is 6.10 Å². The number of aryl methyl sites for hydroxylation is 1. The molecule has 0 amide bonds. The largest absolute Gasteiger partial charge is 0.508 e. The van der Waals surface area contributed by atoms with Gasteiger partial charge in [-0.2, -0.15) is 0 Å². The molecule has 0 bridgehead atoms. The molecule has 1 aromatic heterocycles. The third-order valence-electron chi connectivity index (χ3n) is 3.60. The van der Waals surface area contributed by atoms with Crippen LogP contribution in [0.15, 0.2) is 53.6 Å². The van der Waals surface area contributed by atoms with E-state index in [4.69, 9.17) is 0 Å². The molecule has 0 radical (unpaired) electrons. The van der Waals surface area contributed by atoms with Crippen molar-refractivity contribution in [1.82, 2.24) is 9.55 Å². The van der Waals surface area contributed by atoms with Crippen molar-refractivity contribution in [3.05, 3.63) is 70.3 Å². The van der Waals surface area contributed by atoms with Gasteiger partial charge in [-0.1, -0.05) is 23.8 Å². The molecule has 2 N–H and O–H groups in total. The Hall–Kier alpha value is -2.66. The maximum absolute atomic E-state index is 12.5. The first-order valence-electron chi connectivity index (χ1n) is 6.97. The molecular formula is C17H16N2O3. The molecule has 112 valence electrons. The summed E-state index contributed by atoms with van der Waals surface area (Å²) in [5, 5.41) is 20.2. The second-order valence-corrected chi connectivity index (χ2v) is 5.33. The first kappa shape index (κ1) is 14.3. The fourth-order valence-corrected chi connectivity index (χ4v) is 2.43. The molecule has 5 nitrogen and oxygen atoms in total. The van der Waals surface area contributed by atoms with Gasteiger partial charge in [-0.25, -0.2) is 4.98 Å². The molecule has 3 rings (SSSR count). The molecule has 0 aliphatic heterocycles. The van der Waals surface area contributed by atoms with Crippen molar-refractivity contribution in [1.29, 1.82) is 0 Å². The number of rotatable bonds is 3. The van der Waals surface area contributed by atoms with Crippen LogP contribution in [0.4, 0.5) is 0 Å². The van der Waals surface area contributed by atoms with E-state index in [1.54, 1.807) is 18.2 Å². The molecular weight excluding hydrogens is 280 g/mol. The van der Waals surface area contributed by atoms with Gasteiger partial charge in [0.1, 0.15) is 5.75 Å². The van der Waals surface area contributed by atoms with Crippen molar-refractivity contribution in [2.24, 2.45) is 0 Å². The molecule has 1 heterocycles. The Morgan fingerprint density at radius 3 is 2.82 bits per heavy atom. The normalized spacial score (nSPS) is 12.5. The predicted molar refractivity (Wildman–Crippen MR) is 83.8 cm³/mol. The number of fused-ring (bicyclic) bond motifs is 1. The second kappa shape index (κ2) is 5.61. The number of benzene rings is 2. The van der Waals surface area contributed by atoms with Crippen LogP contribution in [-0.4, -0.2) is 19.8 Å². The summed E-state index contributed by atoms with van der Waals surface area (Å²) in [6, 6.07) is 11.9. The standard InChI is InChI=1S/C17H16N2O3/c1-11-5-6-15-14(7-11)17(22)19(10-18-15)9-16(21)12-3-2-4-13(20)8-12/h2-8,10,16,20-21H,9H2,1H3/t16-/m0/s1. The number of aliphatic hydroxyl groups excluding tert-OH is 1. The molecule has 0 aliphatic rings. The maximum atomic E-state index is 12.5. The highest BCUT2D eigenvalue weighted by molar-refractivity contribution is 5.77. The van der Waals surface area contributed by atoms with E-state index in [0.29, 0.717) is 16.5 Å². The Kier molecular flexibility index (Phi) is 3.65. The van der Waals surface area contributed by atoms with Gasteiger partial charge in [-0.3, -0.25) is 9.36 Å².